The van der Waals surface area contributed by atoms with Crippen molar-refractivity contribution in [3.63, 3.8) is 0 Å². The van der Waals surface area contributed by atoms with Crippen molar-refractivity contribution in [3.8, 4) is 5.75 Å². The van der Waals surface area contributed by atoms with Crippen LogP contribution in [0.4, 0.5) is 4.39 Å². The van der Waals surface area contributed by atoms with E-state index in [9.17, 15) is 4.39 Å². The second kappa shape index (κ2) is 8.03. The van der Waals surface area contributed by atoms with Crippen molar-refractivity contribution in [2.24, 2.45) is 0 Å². The van der Waals surface area contributed by atoms with Crippen molar-refractivity contribution in [1.29, 1.82) is 0 Å². The number of rotatable bonds is 8. The van der Waals surface area contributed by atoms with Crippen LogP contribution in [0.3, 0.4) is 0 Å². The molecule has 1 rings (SSSR count). The van der Waals surface area contributed by atoms with Crippen LogP contribution in [0.25, 0.3) is 0 Å². The Bertz CT molecular complexity index is 331. The molecule has 0 saturated carbocycles. The molecule has 0 unspecified atom stereocenters. The van der Waals surface area contributed by atoms with Crippen LogP contribution in [0.5, 0.6) is 5.75 Å². The number of halogens is 1. The Balaban J connectivity index is 2.15. The van der Waals surface area contributed by atoms with Gasteiger partial charge in [-0.2, -0.15) is 0 Å². The van der Waals surface area contributed by atoms with E-state index in [-0.39, 0.29) is 5.82 Å². The second-order valence-electron chi connectivity index (χ2n) is 3.85. The van der Waals surface area contributed by atoms with Crippen LogP contribution in [0.1, 0.15) is 12.0 Å². The predicted molar refractivity (Wildman–Crippen MR) is 66.0 cm³/mol. The molecule has 0 atom stereocenters. The van der Waals surface area contributed by atoms with Gasteiger partial charge in [-0.3, -0.25) is 0 Å². The lowest BCUT2D eigenvalue weighted by Crippen LogP contribution is -2.23. The summed E-state index contributed by atoms with van der Waals surface area (Å²) in [6.07, 6.45) is 0.982. The topological polar surface area (TPSA) is 30.5 Å². The average molecular weight is 241 g/mol. The lowest BCUT2D eigenvalue weighted by Gasteiger charge is -2.09. The summed E-state index contributed by atoms with van der Waals surface area (Å²) < 4.78 is 23.4. The molecule has 0 aliphatic carbocycles. The second-order valence-corrected chi connectivity index (χ2v) is 3.85. The lowest BCUT2D eigenvalue weighted by molar-refractivity contribution is 0.193. The Morgan fingerprint density at radius 2 is 2.06 bits per heavy atom. The van der Waals surface area contributed by atoms with Crippen molar-refractivity contribution >= 4 is 0 Å². The van der Waals surface area contributed by atoms with Crippen molar-refractivity contribution in [3.05, 3.63) is 29.6 Å². The molecule has 4 heteroatoms. The fraction of sp³-hybridized carbons (Fsp3) is 0.538. The molecule has 1 aromatic carbocycles. The van der Waals surface area contributed by atoms with E-state index in [0.29, 0.717) is 12.4 Å². The van der Waals surface area contributed by atoms with Crippen LogP contribution in [0.15, 0.2) is 18.2 Å². The van der Waals surface area contributed by atoms with Gasteiger partial charge >= 0.3 is 0 Å². The van der Waals surface area contributed by atoms with Crippen LogP contribution in [0, 0.1) is 12.7 Å². The molecular weight excluding hydrogens is 221 g/mol. The highest BCUT2D eigenvalue weighted by Gasteiger charge is 2.00. The van der Waals surface area contributed by atoms with Gasteiger partial charge in [0.2, 0.25) is 0 Å². The number of hydrogen-bond acceptors (Lipinski definition) is 3. The van der Waals surface area contributed by atoms with Crippen molar-refractivity contribution < 1.29 is 13.9 Å². The molecule has 0 aromatic heterocycles. The molecule has 0 bridgehead atoms. The van der Waals surface area contributed by atoms with Gasteiger partial charge in [-0.15, -0.1) is 0 Å². The van der Waals surface area contributed by atoms with Crippen LogP contribution >= 0.6 is 0 Å². The molecule has 3 nitrogen and oxygen atoms in total. The smallest absolute Gasteiger partial charge is 0.126 e. The van der Waals surface area contributed by atoms with Gasteiger partial charge in [0, 0.05) is 26.3 Å². The molecule has 17 heavy (non-hydrogen) atoms. The van der Waals surface area contributed by atoms with Gasteiger partial charge in [0.15, 0.2) is 0 Å². The van der Waals surface area contributed by atoms with Gasteiger partial charge in [0.1, 0.15) is 18.2 Å². The normalized spacial score (nSPS) is 10.5. The number of hydrogen-bond donors (Lipinski definition) is 1. The maximum absolute atomic E-state index is 13.0. The van der Waals surface area contributed by atoms with Gasteiger partial charge in [-0.05, 0) is 31.5 Å². The van der Waals surface area contributed by atoms with E-state index < -0.39 is 0 Å². The molecule has 0 spiro atoms. The Morgan fingerprint density at radius 1 is 1.24 bits per heavy atom. The maximum atomic E-state index is 13.0. The average Bonchev–Trinajstić information content (AvgIpc) is 2.32. The standard InChI is InChI=1S/C13H20FNO2/c1-11-4-5-12(14)10-13(11)17-9-7-15-6-3-8-16-2/h4-5,10,15H,3,6-9H2,1-2H3. The molecule has 0 aliphatic rings. The van der Waals surface area contributed by atoms with Crippen LogP contribution in [-0.4, -0.2) is 33.4 Å². The summed E-state index contributed by atoms with van der Waals surface area (Å²) in [5.74, 6) is 0.349. The molecular formula is C13H20FNO2. The van der Waals surface area contributed by atoms with E-state index in [0.717, 1.165) is 31.7 Å². The fourth-order valence-electron chi connectivity index (χ4n) is 1.43. The van der Waals surface area contributed by atoms with E-state index in [1.807, 2.05) is 6.92 Å². The minimum absolute atomic E-state index is 0.265. The number of methoxy groups -OCH3 is 1. The number of ether oxygens (including phenoxy) is 2. The largest absolute Gasteiger partial charge is 0.492 e. The summed E-state index contributed by atoms with van der Waals surface area (Å²) in [5.41, 5.74) is 0.950. The maximum Gasteiger partial charge on any atom is 0.126 e. The first-order valence-corrected chi connectivity index (χ1v) is 5.82. The molecule has 0 amide bonds. The van der Waals surface area contributed by atoms with E-state index in [2.05, 4.69) is 5.32 Å². The molecule has 0 fully saturated rings. The SMILES string of the molecule is COCCCNCCOc1cc(F)ccc1C. The summed E-state index contributed by atoms with van der Waals surface area (Å²) in [7, 11) is 1.69. The zero-order valence-corrected chi connectivity index (χ0v) is 10.5. The highest BCUT2D eigenvalue weighted by atomic mass is 19.1. The first-order valence-electron chi connectivity index (χ1n) is 5.82. The molecule has 0 heterocycles. The summed E-state index contributed by atoms with van der Waals surface area (Å²) in [6, 6.07) is 4.57. The monoisotopic (exact) mass is 241 g/mol. The van der Waals surface area contributed by atoms with Gasteiger partial charge in [0.05, 0.1) is 0 Å². The Kier molecular flexibility index (Phi) is 6.58. The Morgan fingerprint density at radius 3 is 2.82 bits per heavy atom. The summed E-state index contributed by atoms with van der Waals surface area (Å²) in [4.78, 5) is 0. The predicted octanol–water partition coefficient (Wildman–Crippen LogP) is 2.14. The van der Waals surface area contributed by atoms with Crippen LogP contribution in [-0.2, 0) is 4.74 Å². The van der Waals surface area contributed by atoms with Gasteiger partial charge in [-0.1, -0.05) is 6.07 Å². The van der Waals surface area contributed by atoms with E-state index in [4.69, 9.17) is 9.47 Å². The van der Waals surface area contributed by atoms with Crippen LogP contribution in [0.2, 0.25) is 0 Å². The molecule has 0 radical (unpaired) electrons. The van der Waals surface area contributed by atoms with E-state index in [1.54, 1.807) is 13.2 Å². The minimum Gasteiger partial charge on any atom is -0.492 e. The number of nitrogens with one attached hydrogen (secondary N) is 1. The highest BCUT2D eigenvalue weighted by Crippen LogP contribution is 2.18. The minimum atomic E-state index is -0.265. The fourth-order valence-corrected chi connectivity index (χ4v) is 1.43. The molecule has 0 saturated heterocycles. The lowest BCUT2D eigenvalue weighted by atomic mass is 10.2. The summed E-state index contributed by atoms with van der Waals surface area (Å²) in [6.45, 7) is 4.86. The first kappa shape index (κ1) is 13.9. The summed E-state index contributed by atoms with van der Waals surface area (Å²) >= 11 is 0. The zero-order chi connectivity index (χ0) is 12.5. The third-order valence-electron chi connectivity index (χ3n) is 2.39. The van der Waals surface area contributed by atoms with Crippen LogP contribution < -0.4 is 10.1 Å². The molecule has 96 valence electrons. The Labute approximate surface area is 102 Å². The van der Waals surface area contributed by atoms with E-state index >= 15 is 0 Å². The van der Waals surface area contributed by atoms with Crippen molar-refractivity contribution in [2.75, 3.05) is 33.4 Å². The third-order valence-corrected chi connectivity index (χ3v) is 2.39. The van der Waals surface area contributed by atoms with Crippen molar-refractivity contribution in [2.45, 2.75) is 13.3 Å². The highest BCUT2D eigenvalue weighted by molar-refractivity contribution is 5.32. The van der Waals surface area contributed by atoms with Gasteiger partial charge in [-0.25, -0.2) is 4.39 Å². The Hall–Kier alpha value is -1.13. The summed E-state index contributed by atoms with van der Waals surface area (Å²) in [5, 5.41) is 3.23. The van der Waals surface area contributed by atoms with Gasteiger partial charge in [0.25, 0.3) is 0 Å². The molecule has 1 N–H and O–H groups in total. The van der Waals surface area contributed by atoms with Gasteiger partial charge < -0.3 is 14.8 Å². The van der Waals surface area contributed by atoms with Crippen molar-refractivity contribution in [1.82, 2.24) is 5.32 Å². The third kappa shape index (κ3) is 5.65. The first-order chi connectivity index (χ1) is 8.24. The quantitative estimate of drug-likeness (QED) is 0.707. The zero-order valence-electron chi connectivity index (χ0n) is 10.5. The number of benzene rings is 1. The molecule has 0 aliphatic heterocycles. The molecule has 1 aromatic rings. The number of aryl methyl sites for hydroxylation is 1. The van der Waals surface area contributed by atoms with E-state index in [1.165, 1.54) is 12.1 Å².